The lowest BCUT2D eigenvalue weighted by Crippen LogP contribution is -2.44. The van der Waals surface area contributed by atoms with Gasteiger partial charge < -0.3 is 5.73 Å². The predicted octanol–water partition coefficient (Wildman–Crippen LogP) is 2.14. The van der Waals surface area contributed by atoms with Crippen LogP contribution in [0.2, 0.25) is 0 Å². The van der Waals surface area contributed by atoms with Crippen LogP contribution in [-0.2, 0) is 10.0 Å². The number of benzene rings is 1. The molecule has 0 saturated carbocycles. The summed E-state index contributed by atoms with van der Waals surface area (Å²) in [5.41, 5.74) is 6.96. The van der Waals surface area contributed by atoms with Crippen molar-refractivity contribution in [3.63, 3.8) is 0 Å². The lowest BCUT2D eigenvalue weighted by Gasteiger charge is -2.34. The molecule has 1 saturated heterocycles. The summed E-state index contributed by atoms with van der Waals surface area (Å²) in [5, 5.41) is 0.611. The minimum Gasteiger partial charge on any atom is -0.389 e. The summed E-state index contributed by atoms with van der Waals surface area (Å²) in [7, 11) is -3.47. The van der Waals surface area contributed by atoms with Crippen LogP contribution < -0.4 is 5.73 Å². The lowest BCUT2D eigenvalue weighted by atomic mass is 10.1. The summed E-state index contributed by atoms with van der Waals surface area (Å²) >= 11 is 6.76. The molecule has 0 radical (unpaired) electrons. The summed E-state index contributed by atoms with van der Waals surface area (Å²) in [6.07, 6.45) is 0. The molecule has 0 aromatic heterocycles. The number of rotatable bonds is 3. The molecule has 0 aliphatic carbocycles. The molecule has 116 valence electrons. The molecule has 2 atom stereocenters. The van der Waals surface area contributed by atoms with Gasteiger partial charge in [-0.2, -0.15) is 16.1 Å². The molecule has 7 heteroatoms. The fourth-order valence-corrected chi connectivity index (χ4v) is 6.02. The molecule has 1 aromatic rings. The Labute approximate surface area is 136 Å². The number of nitrogens with two attached hydrogens (primary N) is 1. The Kier molecular flexibility index (Phi) is 4.97. The Balaban J connectivity index is 2.37. The number of hydrogen-bond donors (Lipinski definition) is 1. The van der Waals surface area contributed by atoms with Crippen molar-refractivity contribution in [2.24, 2.45) is 5.73 Å². The minimum atomic E-state index is -3.47. The highest BCUT2D eigenvalue weighted by Gasteiger charge is 2.32. The van der Waals surface area contributed by atoms with Crippen LogP contribution in [0.15, 0.2) is 23.1 Å². The zero-order valence-electron chi connectivity index (χ0n) is 12.4. The standard InChI is InChI=1S/C14H20N2O2S3/c1-9-6-12(14(15)19)4-5-13(9)21(17,18)16-7-10(2)20-11(3)8-16/h4-6,10-11H,7-8H2,1-3H3,(H2,15,19). The highest BCUT2D eigenvalue weighted by atomic mass is 32.2. The third-order valence-electron chi connectivity index (χ3n) is 3.46. The van der Waals surface area contributed by atoms with Crippen molar-refractivity contribution >= 4 is 39.0 Å². The minimum absolute atomic E-state index is 0.277. The zero-order valence-corrected chi connectivity index (χ0v) is 14.8. The maximum atomic E-state index is 12.8. The largest absolute Gasteiger partial charge is 0.389 e. The Morgan fingerprint density at radius 3 is 2.38 bits per heavy atom. The summed E-state index contributed by atoms with van der Waals surface area (Å²) < 4.78 is 27.3. The van der Waals surface area contributed by atoms with E-state index in [-0.39, 0.29) is 4.99 Å². The number of hydrogen-bond acceptors (Lipinski definition) is 4. The van der Waals surface area contributed by atoms with Gasteiger partial charge >= 0.3 is 0 Å². The van der Waals surface area contributed by atoms with Gasteiger partial charge in [0.05, 0.1) is 4.90 Å². The topological polar surface area (TPSA) is 63.4 Å². The van der Waals surface area contributed by atoms with Gasteiger partial charge in [-0.25, -0.2) is 8.42 Å². The van der Waals surface area contributed by atoms with E-state index in [0.717, 1.165) is 0 Å². The van der Waals surface area contributed by atoms with E-state index in [1.54, 1.807) is 29.4 Å². The summed E-state index contributed by atoms with van der Waals surface area (Å²) in [5.74, 6) is 0. The van der Waals surface area contributed by atoms with Crippen LogP contribution in [0.5, 0.6) is 0 Å². The van der Waals surface area contributed by atoms with Crippen molar-refractivity contribution in [3.8, 4) is 0 Å². The van der Waals surface area contributed by atoms with Crippen LogP contribution in [0.3, 0.4) is 0 Å². The van der Waals surface area contributed by atoms with Gasteiger partial charge in [-0.05, 0) is 24.6 Å². The van der Waals surface area contributed by atoms with Crippen LogP contribution >= 0.6 is 24.0 Å². The molecule has 0 spiro atoms. The number of aryl methyl sites for hydroxylation is 1. The number of sulfonamides is 1. The molecular weight excluding hydrogens is 324 g/mol. The monoisotopic (exact) mass is 344 g/mol. The summed E-state index contributed by atoms with van der Waals surface area (Å²) in [6.45, 7) is 7.00. The van der Waals surface area contributed by atoms with Crippen molar-refractivity contribution in [2.45, 2.75) is 36.2 Å². The molecule has 21 heavy (non-hydrogen) atoms. The first kappa shape index (κ1) is 16.7. The maximum Gasteiger partial charge on any atom is 0.243 e. The van der Waals surface area contributed by atoms with E-state index in [9.17, 15) is 8.42 Å². The highest BCUT2D eigenvalue weighted by molar-refractivity contribution is 8.00. The van der Waals surface area contributed by atoms with Crippen LogP contribution in [0.4, 0.5) is 0 Å². The molecular formula is C14H20N2O2S3. The first-order valence-corrected chi connectivity index (χ1v) is 9.57. The third kappa shape index (κ3) is 3.59. The van der Waals surface area contributed by atoms with Crippen molar-refractivity contribution in [1.82, 2.24) is 4.31 Å². The van der Waals surface area contributed by atoms with E-state index in [0.29, 0.717) is 39.6 Å². The van der Waals surface area contributed by atoms with E-state index in [2.05, 4.69) is 13.8 Å². The van der Waals surface area contributed by atoms with Gasteiger partial charge in [0.15, 0.2) is 0 Å². The first-order valence-electron chi connectivity index (χ1n) is 6.78. The second kappa shape index (κ2) is 6.24. The Morgan fingerprint density at radius 1 is 1.33 bits per heavy atom. The molecule has 2 unspecified atom stereocenters. The molecule has 1 aromatic carbocycles. The Bertz CT molecular complexity index is 648. The average Bonchev–Trinajstić information content (AvgIpc) is 2.36. The van der Waals surface area contributed by atoms with Gasteiger partial charge in [0.25, 0.3) is 0 Å². The summed E-state index contributed by atoms with van der Waals surface area (Å²) in [4.78, 5) is 0.618. The van der Waals surface area contributed by atoms with Gasteiger partial charge in [-0.3, -0.25) is 0 Å². The van der Waals surface area contributed by atoms with E-state index in [1.807, 2.05) is 11.8 Å². The molecule has 1 fully saturated rings. The predicted molar refractivity (Wildman–Crippen MR) is 92.3 cm³/mol. The van der Waals surface area contributed by atoms with Crippen molar-refractivity contribution in [1.29, 1.82) is 0 Å². The normalized spacial score (nSPS) is 24.0. The molecule has 0 amide bonds. The van der Waals surface area contributed by atoms with Crippen molar-refractivity contribution in [3.05, 3.63) is 29.3 Å². The van der Waals surface area contributed by atoms with E-state index in [1.165, 1.54) is 0 Å². The van der Waals surface area contributed by atoms with Gasteiger partial charge in [0, 0.05) is 29.2 Å². The Hall–Kier alpha value is -0.630. The second-order valence-electron chi connectivity index (χ2n) is 5.42. The maximum absolute atomic E-state index is 12.8. The number of nitrogens with zero attached hydrogens (tertiary/aromatic N) is 1. The smallest absolute Gasteiger partial charge is 0.243 e. The molecule has 1 heterocycles. The second-order valence-corrected chi connectivity index (χ2v) is 9.65. The molecule has 2 N–H and O–H groups in total. The molecule has 4 nitrogen and oxygen atoms in total. The SMILES string of the molecule is Cc1cc(C(N)=S)ccc1S(=O)(=O)N1CC(C)SC(C)C1. The van der Waals surface area contributed by atoms with Gasteiger partial charge in [0.2, 0.25) is 10.0 Å². The van der Waals surface area contributed by atoms with Crippen molar-refractivity contribution in [2.75, 3.05) is 13.1 Å². The van der Waals surface area contributed by atoms with Crippen LogP contribution in [0.25, 0.3) is 0 Å². The van der Waals surface area contributed by atoms with Crippen LogP contribution in [0.1, 0.15) is 25.0 Å². The van der Waals surface area contributed by atoms with Gasteiger partial charge in [-0.15, -0.1) is 0 Å². The highest BCUT2D eigenvalue weighted by Crippen LogP contribution is 2.30. The molecule has 0 bridgehead atoms. The number of thiocarbonyl (C=S) groups is 1. The number of thioether (sulfide) groups is 1. The average molecular weight is 345 g/mol. The molecule has 1 aliphatic rings. The van der Waals surface area contributed by atoms with E-state index < -0.39 is 10.0 Å². The van der Waals surface area contributed by atoms with E-state index in [4.69, 9.17) is 18.0 Å². The third-order valence-corrected chi connectivity index (χ3v) is 6.92. The quantitative estimate of drug-likeness (QED) is 0.851. The lowest BCUT2D eigenvalue weighted by molar-refractivity contribution is 0.404. The van der Waals surface area contributed by atoms with Gasteiger partial charge in [0.1, 0.15) is 4.99 Å². The van der Waals surface area contributed by atoms with Crippen LogP contribution in [-0.4, -0.2) is 41.3 Å². The van der Waals surface area contributed by atoms with Crippen LogP contribution in [0, 0.1) is 6.92 Å². The van der Waals surface area contributed by atoms with Crippen molar-refractivity contribution < 1.29 is 8.42 Å². The van der Waals surface area contributed by atoms with Gasteiger partial charge in [-0.1, -0.05) is 32.1 Å². The zero-order chi connectivity index (χ0) is 15.8. The summed E-state index contributed by atoms with van der Waals surface area (Å²) in [6, 6.07) is 5.02. The van der Waals surface area contributed by atoms with E-state index >= 15 is 0 Å². The Morgan fingerprint density at radius 2 is 1.90 bits per heavy atom. The molecule has 1 aliphatic heterocycles. The fourth-order valence-electron chi connectivity index (χ4n) is 2.56. The first-order chi connectivity index (χ1) is 9.71. The molecule has 2 rings (SSSR count). The fraction of sp³-hybridized carbons (Fsp3) is 0.500.